The van der Waals surface area contributed by atoms with Crippen LogP contribution in [0.3, 0.4) is 0 Å². The van der Waals surface area contributed by atoms with Gasteiger partial charge in [-0.3, -0.25) is 9.69 Å². The molecule has 1 aliphatic carbocycles. The summed E-state index contributed by atoms with van der Waals surface area (Å²) >= 11 is 0. The van der Waals surface area contributed by atoms with Crippen molar-refractivity contribution < 1.29 is 4.79 Å². The number of likely N-dealkylation sites (tertiary alicyclic amines) is 1. The SMILES string of the molecule is CNC(C)C1CCCN(CC(=O)NCC2CC2)C1. The third kappa shape index (κ3) is 4.25. The molecule has 2 N–H and O–H groups in total. The Labute approximate surface area is 110 Å². The van der Waals surface area contributed by atoms with Crippen molar-refractivity contribution in [1.29, 1.82) is 0 Å². The van der Waals surface area contributed by atoms with Crippen LogP contribution in [0.1, 0.15) is 32.6 Å². The molecule has 0 radical (unpaired) electrons. The molecule has 0 bridgehead atoms. The van der Waals surface area contributed by atoms with E-state index in [0.717, 1.165) is 25.6 Å². The van der Waals surface area contributed by atoms with E-state index in [1.165, 1.54) is 25.7 Å². The molecule has 0 aromatic heterocycles. The fraction of sp³-hybridized carbons (Fsp3) is 0.929. The first-order valence-corrected chi connectivity index (χ1v) is 7.35. The minimum Gasteiger partial charge on any atom is -0.355 e. The highest BCUT2D eigenvalue weighted by Gasteiger charge is 2.26. The van der Waals surface area contributed by atoms with E-state index in [1.807, 2.05) is 7.05 Å². The van der Waals surface area contributed by atoms with Gasteiger partial charge in [-0.05, 0) is 58.0 Å². The molecule has 2 rings (SSSR count). The summed E-state index contributed by atoms with van der Waals surface area (Å²) in [6, 6.07) is 0.544. The zero-order valence-electron chi connectivity index (χ0n) is 11.7. The van der Waals surface area contributed by atoms with Gasteiger partial charge in [-0.1, -0.05) is 0 Å². The van der Waals surface area contributed by atoms with Gasteiger partial charge in [0.25, 0.3) is 0 Å². The van der Waals surface area contributed by atoms with Crippen molar-refractivity contribution in [3.63, 3.8) is 0 Å². The highest BCUT2D eigenvalue weighted by Crippen LogP contribution is 2.27. The van der Waals surface area contributed by atoms with Crippen LogP contribution in [0, 0.1) is 11.8 Å². The zero-order valence-corrected chi connectivity index (χ0v) is 11.7. The van der Waals surface area contributed by atoms with E-state index in [1.54, 1.807) is 0 Å². The van der Waals surface area contributed by atoms with Crippen molar-refractivity contribution in [2.24, 2.45) is 11.8 Å². The summed E-state index contributed by atoms with van der Waals surface area (Å²) in [6.45, 7) is 5.84. The van der Waals surface area contributed by atoms with Crippen LogP contribution in [-0.2, 0) is 4.79 Å². The Hall–Kier alpha value is -0.610. The van der Waals surface area contributed by atoms with Gasteiger partial charge in [0.05, 0.1) is 6.54 Å². The minimum absolute atomic E-state index is 0.208. The monoisotopic (exact) mass is 253 g/mol. The van der Waals surface area contributed by atoms with Crippen molar-refractivity contribution in [2.45, 2.75) is 38.6 Å². The van der Waals surface area contributed by atoms with Gasteiger partial charge in [-0.2, -0.15) is 0 Å². The van der Waals surface area contributed by atoms with E-state index < -0.39 is 0 Å². The molecule has 4 nitrogen and oxygen atoms in total. The first-order valence-electron chi connectivity index (χ1n) is 7.35. The van der Waals surface area contributed by atoms with E-state index >= 15 is 0 Å². The first-order chi connectivity index (χ1) is 8.69. The van der Waals surface area contributed by atoms with Crippen LogP contribution in [0.25, 0.3) is 0 Å². The third-order valence-corrected chi connectivity index (χ3v) is 4.36. The minimum atomic E-state index is 0.208. The maximum absolute atomic E-state index is 11.8. The van der Waals surface area contributed by atoms with Gasteiger partial charge in [-0.25, -0.2) is 0 Å². The van der Waals surface area contributed by atoms with Gasteiger partial charge >= 0.3 is 0 Å². The van der Waals surface area contributed by atoms with Gasteiger partial charge < -0.3 is 10.6 Å². The standard InChI is InChI=1S/C14H27N3O/c1-11(15-2)13-4-3-7-17(9-13)10-14(18)16-8-12-5-6-12/h11-13,15H,3-10H2,1-2H3,(H,16,18). The van der Waals surface area contributed by atoms with E-state index in [2.05, 4.69) is 22.5 Å². The van der Waals surface area contributed by atoms with Crippen molar-refractivity contribution in [3.8, 4) is 0 Å². The van der Waals surface area contributed by atoms with Crippen LogP contribution in [0.5, 0.6) is 0 Å². The Bertz CT molecular complexity index is 278. The molecule has 4 heteroatoms. The van der Waals surface area contributed by atoms with Crippen LogP contribution in [0.2, 0.25) is 0 Å². The Morgan fingerprint density at radius 3 is 2.83 bits per heavy atom. The fourth-order valence-corrected chi connectivity index (χ4v) is 2.72. The molecule has 2 atom stereocenters. The first kappa shape index (κ1) is 13.8. The molecule has 0 spiro atoms. The van der Waals surface area contributed by atoms with Crippen molar-refractivity contribution in [2.75, 3.05) is 33.2 Å². The van der Waals surface area contributed by atoms with Gasteiger partial charge in [0.2, 0.25) is 5.91 Å². The van der Waals surface area contributed by atoms with Gasteiger partial charge in [-0.15, -0.1) is 0 Å². The molecule has 1 aliphatic heterocycles. The summed E-state index contributed by atoms with van der Waals surface area (Å²) in [7, 11) is 2.02. The fourth-order valence-electron chi connectivity index (χ4n) is 2.72. The van der Waals surface area contributed by atoms with Crippen molar-refractivity contribution >= 4 is 5.91 Å². The normalized spacial score (nSPS) is 26.9. The second-order valence-corrected chi connectivity index (χ2v) is 5.96. The second kappa shape index (κ2) is 6.53. The molecule has 1 saturated heterocycles. The van der Waals surface area contributed by atoms with Crippen LogP contribution >= 0.6 is 0 Å². The Kier molecular flexibility index (Phi) is 5.01. The number of hydrogen-bond donors (Lipinski definition) is 2. The predicted octanol–water partition coefficient (Wildman–Crippen LogP) is 0.833. The summed E-state index contributed by atoms with van der Waals surface area (Å²) in [5, 5.41) is 6.38. The lowest BCUT2D eigenvalue weighted by atomic mass is 9.92. The molecular weight excluding hydrogens is 226 g/mol. The quantitative estimate of drug-likeness (QED) is 0.737. The molecule has 0 aromatic carbocycles. The molecule has 18 heavy (non-hydrogen) atoms. The largest absolute Gasteiger partial charge is 0.355 e. The number of carbonyl (C=O) groups excluding carboxylic acids is 1. The Balaban J connectivity index is 1.69. The van der Waals surface area contributed by atoms with Crippen molar-refractivity contribution in [1.82, 2.24) is 15.5 Å². The van der Waals surface area contributed by atoms with Crippen LogP contribution < -0.4 is 10.6 Å². The number of carbonyl (C=O) groups is 1. The van der Waals surface area contributed by atoms with Crippen LogP contribution in [-0.4, -0.2) is 50.1 Å². The number of amides is 1. The van der Waals surface area contributed by atoms with Gasteiger partial charge in [0.15, 0.2) is 0 Å². The van der Waals surface area contributed by atoms with Crippen molar-refractivity contribution in [3.05, 3.63) is 0 Å². The second-order valence-electron chi connectivity index (χ2n) is 5.96. The molecule has 0 aromatic rings. The average Bonchev–Trinajstić information content (AvgIpc) is 3.20. The number of rotatable bonds is 6. The summed E-state index contributed by atoms with van der Waals surface area (Å²) in [6.07, 6.45) is 5.09. The smallest absolute Gasteiger partial charge is 0.234 e. The highest BCUT2D eigenvalue weighted by atomic mass is 16.2. The third-order valence-electron chi connectivity index (χ3n) is 4.36. The van der Waals surface area contributed by atoms with Crippen LogP contribution in [0.4, 0.5) is 0 Å². The number of hydrogen-bond acceptors (Lipinski definition) is 3. The highest BCUT2D eigenvalue weighted by molar-refractivity contribution is 5.78. The Morgan fingerprint density at radius 1 is 1.39 bits per heavy atom. The lowest BCUT2D eigenvalue weighted by molar-refractivity contribution is -0.122. The summed E-state index contributed by atoms with van der Waals surface area (Å²) in [4.78, 5) is 14.1. The molecule has 104 valence electrons. The molecule has 2 fully saturated rings. The van der Waals surface area contributed by atoms with Gasteiger partial charge in [0, 0.05) is 19.1 Å². The number of nitrogens with zero attached hydrogens (tertiary/aromatic N) is 1. The summed E-state index contributed by atoms with van der Waals surface area (Å²) < 4.78 is 0. The molecule has 1 saturated carbocycles. The molecule has 1 heterocycles. The van der Waals surface area contributed by atoms with E-state index in [-0.39, 0.29) is 5.91 Å². The lowest BCUT2D eigenvalue weighted by Crippen LogP contribution is -2.47. The van der Waals surface area contributed by atoms with Gasteiger partial charge in [0.1, 0.15) is 0 Å². The van der Waals surface area contributed by atoms with E-state index in [9.17, 15) is 4.79 Å². The molecule has 2 aliphatic rings. The number of nitrogens with one attached hydrogen (secondary N) is 2. The average molecular weight is 253 g/mol. The van der Waals surface area contributed by atoms with Crippen LogP contribution in [0.15, 0.2) is 0 Å². The summed E-state index contributed by atoms with van der Waals surface area (Å²) in [5.74, 6) is 1.66. The molecular formula is C14H27N3O. The molecule has 1 amide bonds. The van der Waals surface area contributed by atoms with E-state index in [4.69, 9.17) is 0 Å². The summed E-state index contributed by atoms with van der Waals surface area (Å²) in [5.41, 5.74) is 0. The maximum atomic E-state index is 11.8. The topological polar surface area (TPSA) is 44.4 Å². The Morgan fingerprint density at radius 2 is 2.17 bits per heavy atom. The van der Waals surface area contributed by atoms with E-state index in [0.29, 0.717) is 18.5 Å². The number of piperidine rings is 1. The predicted molar refractivity (Wildman–Crippen MR) is 73.4 cm³/mol. The lowest BCUT2D eigenvalue weighted by Gasteiger charge is -2.35. The zero-order chi connectivity index (χ0) is 13.0. The maximum Gasteiger partial charge on any atom is 0.234 e. The molecule has 2 unspecified atom stereocenters.